The smallest absolute Gasteiger partial charge is 0.211 e. The van der Waals surface area contributed by atoms with Crippen LogP contribution in [0.3, 0.4) is 0 Å². The Balaban J connectivity index is 2.57. The molecule has 0 spiro atoms. The standard InChI is InChI=1S/C11H9ClFNO/c1-7-4-8(12)5-9(10(7)13)11(2-3-11)14-6-15/h4-5H,2-3H2,1H3. The molecule has 78 valence electrons. The van der Waals surface area contributed by atoms with Gasteiger partial charge in [-0.25, -0.2) is 9.18 Å². The summed E-state index contributed by atoms with van der Waals surface area (Å²) >= 11 is 5.85. The minimum atomic E-state index is -0.693. The number of aryl methyl sites for hydroxylation is 1. The minimum Gasteiger partial charge on any atom is -0.211 e. The summed E-state index contributed by atoms with van der Waals surface area (Å²) in [5, 5.41) is 0.469. The van der Waals surface area contributed by atoms with Gasteiger partial charge in [-0.1, -0.05) is 11.6 Å². The second-order valence-corrected chi connectivity index (χ2v) is 4.26. The maximum Gasteiger partial charge on any atom is 0.235 e. The summed E-state index contributed by atoms with van der Waals surface area (Å²) in [6.45, 7) is 1.64. The van der Waals surface area contributed by atoms with Crippen molar-refractivity contribution in [3.63, 3.8) is 0 Å². The number of hydrogen-bond acceptors (Lipinski definition) is 2. The summed E-state index contributed by atoms with van der Waals surface area (Å²) in [7, 11) is 0. The maximum atomic E-state index is 13.8. The molecule has 0 N–H and O–H groups in total. The minimum absolute atomic E-state index is 0.323. The van der Waals surface area contributed by atoms with Crippen molar-refractivity contribution in [2.75, 3.05) is 0 Å². The molecule has 15 heavy (non-hydrogen) atoms. The second-order valence-electron chi connectivity index (χ2n) is 3.82. The maximum absolute atomic E-state index is 13.8. The number of isocyanates is 1. The zero-order chi connectivity index (χ0) is 11.1. The number of hydrogen-bond donors (Lipinski definition) is 0. The Morgan fingerprint density at radius 3 is 2.73 bits per heavy atom. The molecule has 1 aromatic carbocycles. The van der Waals surface area contributed by atoms with E-state index in [2.05, 4.69) is 4.99 Å². The van der Waals surface area contributed by atoms with Crippen molar-refractivity contribution in [3.05, 3.63) is 34.1 Å². The lowest BCUT2D eigenvalue weighted by molar-refractivity contribution is 0.546. The molecule has 0 saturated heterocycles. The van der Waals surface area contributed by atoms with Crippen LogP contribution in [-0.2, 0) is 10.3 Å². The monoisotopic (exact) mass is 225 g/mol. The van der Waals surface area contributed by atoms with Crippen LogP contribution in [0.15, 0.2) is 17.1 Å². The summed E-state index contributed by atoms with van der Waals surface area (Å²) in [5.74, 6) is -0.323. The fourth-order valence-corrected chi connectivity index (χ4v) is 1.98. The molecule has 2 rings (SSSR count). The van der Waals surface area contributed by atoms with Crippen LogP contribution in [0.2, 0.25) is 5.02 Å². The van der Waals surface area contributed by atoms with Crippen molar-refractivity contribution in [2.24, 2.45) is 4.99 Å². The van der Waals surface area contributed by atoms with E-state index in [0.29, 0.717) is 29.0 Å². The summed E-state index contributed by atoms with van der Waals surface area (Å²) in [6.07, 6.45) is 2.86. The average Bonchev–Trinajstić information content (AvgIpc) is 2.93. The van der Waals surface area contributed by atoms with Gasteiger partial charge >= 0.3 is 0 Å². The van der Waals surface area contributed by atoms with Crippen LogP contribution in [0.4, 0.5) is 4.39 Å². The van der Waals surface area contributed by atoms with Gasteiger partial charge < -0.3 is 0 Å². The Bertz CT molecular complexity index is 462. The Kier molecular flexibility index (Phi) is 2.37. The highest BCUT2D eigenvalue weighted by atomic mass is 35.5. The fourth-order valence-electron chi connectivity index (χ4n) is 1.71. The molecule has 1 aliphatic carbocycles. The Morgan fingerprint density at radius 2 is 2.20 bits per heavy atom. The molecule has 1 aromatic rings. The van der Waals surface area contributed by atoms with Gasteiger partial charge in [0.05, 0.1) is 0 Å². The Labute approximate surface area is 91.8 Å². The largest absolute Gasteiger partial charge is 0.235 e. The lowest BCUT2D eigenvalue weighted by atomic mass is 10.0. The quantitative estimate of drug-likeness (QED) is 0.562. The third-order valence-corrected chi connectivity index (χ3v) is 2.92. The molecule has 0 unspecified atom stereocenters. The molecule has 1 fully saturated rings. The van der Waals surface area contributed by atoms with E-state index in [4.69, 9.17) is 11.6 Å². The second kappa shape index (κ2) is 3.44. The zero-order valence-corrected chi connectivity index (χ0v) is 8.94. The van der Waals surface area contributed by atoms with Gasteiger partial charge in [-0.3, -0.25) is 0 Å². The molecule has 0 atom stereocenters. The van der Waals surface area contributed by atoms with E-state index in [-0.39, 0.29) is 5.82 Å². The van der Waals surface area contributed by atoms with Crippen molar-refractivity contribution in [1.29, 1.82) is 0 Å². The van der Waals surface area contributed by atoms with Crippen molar-refractivity contribution in [3.8, 4) is 0 Å². The fraction of sp³-hybridized carbons (Fsp3) is 0.364. The van der Waals surface area contributed by atoms with Gasteiger partial charge in [-0.05, 0) is 37.5 Å². The summed E-state index contributed by atoms with van der Waals surface area (Å²) in [4.78, 5) is 13.9. The molecule has 0 aromatic heterocycles. The van der Waals surface area contributed by atoms with E-state index < -0.39 is 5.54 Å². The molecule has 2 nitrogen and oxygen atoms in total. The van der Waals surface area contributed by atoms with Gasteiger partial charge in [0, 0.05) is 10.6 Å². The van der Waals surface area contributed by atoms with E-state index in [0.717, 1.165) is 0 Å². The Morgan fingerprint density at radius 1 is 1.53 bits per heavy atom. The van der Waals surface area contributed by atoms with Gasteiger partial charge in [0.25, 0.3) is 0 Å². The molecule has 0 aliphatic heterocycles. The number of aliphatic imine (C=N–C) groups is 1. The summed E-state index contributed by atoms with van der Waals surface area (Å²) < 4.78 is 13.8. The van der Waals surface area contributed by atoms with Crippen LogP contribution in [0.5, 0.6) is 0 Å². The first-order valence-corrected chi connectivity index (χ1v) is 5.02. The van der Waals surface area contributed by atoms with Gasteiger partial charge in [0.2, 0.25) is 6.08 Å². The van der Waals surface area contributed by atoms with Crippen LogP contribution in [0.1, 0.15) is 24.0 Å². The van der Waals surface area contributed by atoms with Crippen molar-refractivity contribution in [2.45, 2.75) is 25.3 Å². The van der Waals surface area contributed by atoms with E-state index >= 15 is 0 Å². The highest BCUT2D eigenvalue weighted by Crippen LogP contribution is 2.50. The lowest BCUT2D eigenvalue weighted by Gasteiger charge is -2.11. The highest BCUT2D eigenvalue weighted by molar-refractivity contribution is 6.30. The predicted octanol–water partition coefficient (Wildman–Crippen LogP) is 3.11. The van der Waals surface area contributed by atoms with E-state index in [1.807, 2.05) is 0 Å². The van der Waals surface area contributed by atoms with Gasteiger partial charge in [-0.15, -0.1) is 0 Å². The number of rotatable bonds is 2. The van der Waals surface area contributed by atoms with Gasteiger partial charge in [0.1, 0.15) is 11.4 Å². The topological polar surface area (TPSA) is 29.4 Å². The molecular formula is C11H9ClFNO. The van der Waals surface area contributed by atoms with Crippen LogP contribution in [0.25, 0.3) is 0 Å². The summed E-state index contributed by atoms with van der Waals surface area (Å²) in [6, 6.07) is 3.10. The number of carbonyl (C=O) groups excluding carboxylic acids is 1. The van der Waals surface area contributed by atoms with Gasteiger partial charge in [0.15, 0.2) is 0 Å². The first-order chi connectivity index (χ1) is 7.09. The molecule has 4 heteroatoms. The van der Waals surface area contributed by atoms with Crippen LogP contribution in [0, 0.1) is 12.7 Å². The molecular weight excluding hydrogens is 217 g/mol. The average molecular weight is 226 g/mol. The van der Waals surface area contributed by atoms with Crippen molar-refractivity contribution < 1.29 is 9.18 Å². The Hall–Kier alpha value is -1.18. The zero-order valence-electron chi connectivity index (χ0n) is 8.18. The molecule has 1 aliphatic rings. The van der Waals surface area contributed by atoms with Crippen LogP contribution in [-0.4, -0.2) is 6.08 Å². The first kappa shape index (κ1) is 10.3. The van der Waals surface area contributed by atoms with Crippen LogP contribution < -0.4 is 0 Å². The third kappa shape index (κ3) is 1.69. The molecule has 0 heterocycles. The van der Waals surface area contributed by atoms with Crippen LogP contribution >= 0.6 is 11.6 Å². The van der Waals surface area contributed by atoms with E-state index in [1.54, 1.807) is 13.0 Å². The van der Waals surface area contributed by atoms with Crippen molar-refractivity contribution in [1.82, 2.24) is 0 Å². The van der Waals surface area contributed by atoms with E-state index in [1.165, 1.54) is 12.1 Å². The number of benzene rings is 1. The number of halogens is 2. The predicted molar refractivity (Wildman–Crippen MR) is 55.2 cm³/mol. The first-order valence-electron chi connectivity index (χ1n) is 4.64. The van der Waals surface area contributed by atoms with Gasteiger partial charge in [-0.2, -0.15) is 4.99 Å². The van der Waals surface area contributed by atoms with Crippen molar-refractivity contribution >= 4 is 17.7 Å². The molecule has 1 saturated carbocycles. The molecule has 0 amide bonds. The SMILES string of the molecule is Cc1cc(Cl)cc(C2(N=C=O)CC2)c1F. The summed E-state index contributed by atoms with van der Waals surface area (Å²) in [5.41, 5.74) is 0.197. The molecule has 0 radical (unpaired) electrons. The highest BCUT2D eigenvalue weighted by Gasteiger charge is 2.47. The third-order valence-electron chi connectivity index (χ3n) is 2.70. The molecule has 0 bridgehead atoms. The normalized spacial score (nSPS) is 17.0. The van der Waals surface area contributed by atoms with E-state index in [9.17, 15) is 9.18 Å². The number of nitrogens with zero attached hydrogens (tertiary/aromatic N) is 1. The lowest BCUT2D eigenvalue weighted by Crippen LogP contribution is -2.06.